The van der Waals surface area contributed by atoms with E-state index in [9.17, 15) is 0 Å². The average molecular weight is 261 g/mol. The molecule has 0 bridgehead atoms. The van der Waals surface area contributed by atoms with Gasteiger partial charge in [-0.05, 0) is 42.9 Å². The number of hydrogen-bond acceptors (Lipinski definition) is 1. The zero-order chi connectivity index (χ0) is 14.1. The molecule has 19 heavy (non-hydrogen) atoms. The van der Waals surface area contributed by atoms with Crippen LogP contribution in [0.2, 0.25) is 0 Å². The highest BCUT2D eigenvalue weighted by atomic mass is 14.9. The van der Waals surface area contributed by atoms with Crippen molar-refractivity contribution in [1.29, 1.82) is 0 Å². The molecule has 0 aliphatic carbocycles. The average Bonchev–Trinajstić information content (AvgIpc) is 2.43. The summed E-state index contributed by atoms with van der Waals surface area (Å²) in [5.74, 6) is 0.837. The predicted octanol–water partition coefficient (Wildman–Crippen LogP) is 5.12. The van der Waals surface area contributed by atoms with Crippen molar-refractivity contribution in [3.8, 4) is 0 Å². The largest absolute Gasteiger partial charge is 0.310 e. The molecule has 108 valence electrons. The monoisotopic (exact) mass is 261 g/mol. The zero-order valence-corrected chi connectivity index (χ0v) is 13.2. The highest BCUT2D eigenvalue weighted by molar-refractivity contribution is 5.24. The van der Waals surface area contributed by atoms with Gasteiger partial charge in [0.15, 0.2) is 0 Å². The first-order chi connectivity index (χ1) is 9.17. The van der Waals surface area contributed by atoms with Crippen LogP contribution in [0.5, 0.6) is 0 Å². The molecule has 0 aliphatic heterocycles. The van der Waals surface area contributed by atoms with E-state index in [1.165, 1.54) is 30.4 Å². The molecule has 1 N–H and O–H groups in total. The van der Waals surface area contributed by atoms with Crippen LogP contribution in [0.3, 0.4) is 0 Å². The first-order valence-corrected chi connectivity index (χ1v) is 7.99. The van der Waals surface area contributed by atoms with E-state index >= 15 is 0 Å². The van der Waals surface area contributed by atoms with Gasteiger partial charge in [-0.15, -0.1) is 0 Å². The van der Waals surface area contributed by atoms with Gasteiger partial charge in [-0.3, -0.25) is 0 Å². The van der Waals surface area contributed by atoms with Crippen LogP contribution >= 0.6 is 0 Å². The highest BCUT2D eigenvalue weighted by Gasteiger charge is 2.07. The third kappa shape index (κ3) is 6.24. The molecule has 0 aliphatic rings. The normalized spacial score (nSPS) is 12.9. The number of benzene rings is 1. The second-order valence-electron chi connectivity index (χ2n) is 5.90. The van der Waals surface area contributed by atoms with E-state index in [1.807, 2.05) is 0 Å². The number of rotatable bonds is 9. The number of nitrogens with one attached hydrogen (secondary N) is 1. The molecule has 1 nitrogen and oxygen atoms in total. The Balaban J connectivity index is 2.35. The van der Waals surface area contributed by atoms with Crippen molar-refractivity contribution < 1.29 is 0 Å². The highest BCUT2D eigenvalue weighted by Crippen LogP contribution is 2.17. The second kappa shape index (κ2) is 9.14. The third-order valence-electron chi connectivity index (χ3n) is 3.80. The van der Waals surface area contributed by atoms with Gasteiger partial charge in [-0.2, -0.15) is 0 Å². The molecule has 0 saturated heterocycles. The van der Waals surface area contributed by atoms with Gasteiger partial charge in [-0.1, -0.05) is 64.8 Å². The van der Waals surface area contributed by atoms with Crippen molar-refractivity contribution >= 4 is 0 Å². The fraction of sp³-hybridized carbons (Fsp3) is 0.667. The minimum absolute atomic E-state index is 0.518. The fourth-order valence-electron chi connectivity index (χ4n) is 2.44. The summed E-state index contributed by atoms with van der Waals surface area (Å²) in [6.45, 7) is 10.2. The summed E-state index contributed by atoms with van der Waals surface area (Å²) in [7, 11) is 0. The first-order valence-electron chi connectivity index (χ1n) is 7.99. The summed E-state index contributed by atoms with van der Waals surface area (Å²) in [4.78, 5) is 0. The molecule has 0 spiro atoms. The van der Waals surface area contributed by atoms with Gasteiger partial charge < -0.3 is 5.32 Å². The lowest BCUT2D eigenvalue weighted by atomic mass is 10.0. The molecule has 1 atom stereocenters. The molecular weight excluding hydrogens is 230 g/mol. The van der Waals surface area contributed by atoms with E-state index in [-0.39, 0.29) is 0 Å². The van der Waals surface area contributed by atoms with Crippen molar-refractivity contribution in [1.82, 2.24) is 5.32 Å². The van der Waals surface area contributed by atoms with Gasteiger partial charge in [0.2, 0.25) is 0 Å². The lowest BCUT2D eigenvalue weighted by Crippen LogP contribution is -2.22. The van der Waals surface area contributed by atoms with Crippen molar-refractivity contribution in [2.24, 2.45) is 5.92 Å². The summed E-state index contributed by atoms with van der Waals surface area (Å²) < 4.78 is 0. The molecular formula is C18H31N. The van der Waals surface area contributed by atoms with Gasteiger partial charge in [0.25, 0.3) is 0 Å². The van der Waals surface area contributed by atoms with Crippen LogP contribution in [0.4, 0.5) is 0 Å². The van der Waals surface area contributed by atoms with Crippen LogP contribution < -0.4 is 5.32 Å². The standard InChI is InChI=1S/C18H31N/c1-5-16-10-12-17(13-11-16)18(6-2)19-14-8-7-9-15(3)4/h10-13,15,18-19H,5-9,14H2,1-4H3. The summed E-state index contributed by atoms with van der Waals surface area (Å²) in [6, 6.07) is 9.61. The van der Waals surface area contributed by atoms with Crippen LogP contribution in [0.1, 0.15) is 70.5 Å². The molecule has 0 saturated carbocycles. The minimum Gasteiger partial charge on any atom is -0.310 e. The van der Waals surface area contributed by atoms with E-state index in [0.717, 1.165) is 25.3 Å². The van der Waals surface area contributed by atoms with Crippen molar-refractivity contribution in [3.05, 3.63) is 35.4 Å². The Labute approximate surface area is 119 Å². The minimum atomic E-state index is 0.518. The molecule has 0 radical (unpaired) electrons. The second-order valence-corrected chi connectivity index (χ2v) is 5.90. The number of hydrogen-bond donors (Lipinski definition) is 1. The molecule has 1 rings (SSSR count). The topological polar surface area (TPSA) is 12.0 Å². The Morgan fingerprint density at radius 2 is 1.68 bits per heavy atom. The lowest BCUT2D eigenvalue weighted by Gasteiger charge is -2.18. The number of aryl methyl sites for hydroxylation is 1. The molecule has 1 heteroatoms. The zero-order valence-electron chi connectivity index (χ0n) is 13.2. The van der Waals surface area contributed by atoms with Crippen molar-refractivity contribution in [2.45, 2.75) is 65.8 Å². The van der Waals surface area contributed by atoms with Crippen LogP contribution in [0.25, 0.3) is 0 Å². The van der Waals surface area contributed by atoms with Crippen LogP contribution in [-0.4, -0.2) is 6.54 Å². The van der Waals surface area contributed by atoms with E-state index < -0.39 is 0 Å². The third-order valence-corrected chi connectivity index (χ3v) is 3.80. The smallest absolute Gasteiger partial charge is 0.0317 e. The maximum absolute atomic E-state index is 3.70. The Morgan fingerprint density at radius 1 is 1.00 bits per heavy atom. The van der Waals surface area contributed by atoms with Crippen LogP contribution in [0.15, 0.2) is 24.3 Å². The summed E-state index contributed by atoms with van der Waals surface area (Å²) in [5, 5.41) is 3.70. The Hall–Kier alpha value is -0.820. The Morgan fingerprint density at radius 3 is 2.21 bits per heavy atom. The van der Waals surface area contributed by atoms with Gasteiger partial charge in [-0.25, -0.2) is 0 Å². The molecule has 0 heterocycles. The van der Waals surface area contributed by atoms with Gasteiger partial charge in [0.1, 0.15) is 0 Å². The van der Waals surface area contributed by atoms with E-state index in [2.05, 4.69) is 57.3 Å². The maximum atomic E-state index is 3.70. The lowest BCUT2D eigenvalue weighted by molar-refractivity contribution is 0.476. The van der Waals surface area contributed by atoms with Crippen molar-refractivity contribution in [2.75, 3.05) is 6.54 Å². The Bertz CT molecular complexity index is 326. The quantitative estimate of drug-likeness (QED) is 0.609. The Kier molecular flexibility index (Phi) is 7.81. The SMILES string of the molecule is CCc1ccc(C(CC)NCCCCC(C)C)cc1. The molecule has 1 unspecified atom stereocenters. The summed E-state index contributed by atoms with van der Waals surface area (Å²) >= 11 is 0. The van der Waals surface area contributed by atoms with Gasteiger partial charge >= 0.3 is 0 Å². The molecule has 1 aromatic carbocycles. The predicted molar refractivity (Wildman–Crippen MR) is 85.5 cm³/mol. The maximum Gasteiger partial charge on any atom is 0.0317 e. The van der Waals surface area contributed by atoms with Crippen LogP contribution in [0, 0.1) is 5.92 Å². The van der Waals surface area contributed by atoms with Gasteiger partial charge in [0, 0.05) is 6.04 Å². The summed E-state index contributed by atoms with van der Waals surface area (Å²) in [5.41, 5.74) is 2.86. The molecule has 1 aromatic rings. The first kappa shape index (κ1) is 16.2. The van der Waals surface area contributed by atoms with E-state index in [0.29, 0.717) is 6.04 Å². The molecule has 0 fully saturated rings. The molecule has 0 aromatic heterocycles. The van der Waals surface area contributed by atoms with Gasteiger partial charge in [0.05, 0.1) is 0 Å². The fourth-order valence-corrected chi connectivity index (χ4v) is 2.44. The molecule has 0 amide bonds. The number of unbranched alkanes of at least 4 members (excludes halogenated alkanes) is 1. The van der Waals surface area contributed by atoms with E-state index in [4.69, 9.17) is 0 Å². The van der Waals surface area contributed by atoms with Crippen LogP contribution in [-0.2, 0) is 6.42 Å². The van der Waals surface area contributed by atoms with E-state index in [1.54, 1.807) is 0 Å². The van der Waals surface area contributed by atoms with Crippen molar-refractivity contribution in [3.63, 3.8) is 0 Å². The summed E-state index contributed by atoms with van der Waals surface area (Å²) in [6.07, 6.45) is 6.27.